The second kappa shape index (κ2) is 5.67. The summed E-state index contributed by atoms with van der Waals surface area (Å²) in [6, 6.07) is 2.26. The number of rotatable bonds is 4. The first-order valence-electron chi connectivity index (χ1n) is 5.66. The van der Waals surface area contributed by atoms with Gasteiger partial charge in [-0.3, -0.25) is 4.79 Å². The number of hydrogen-bond acceptors (Lipinski definition) is 5. The first-order chi connectivity index (χ1) is 8.77. The molecule has 0 aliphatic heterocycles. The van der Waals surface area contributed by atoms with Crippen LogP contribution in [0.25, 0.3) is 0 Å². The van der Waals surface area contributed by atoms with E-state index in [0.29, 0.717) is 5.75 Å². The van der Waals surface area contributed by atoms with Crippen molar-refractivity contribution in [2.45, 2.75) is 19.9 Å². The quantitative estimate of drug-likeness (QED) is 0.830. The van der Waals surface area contributed by atoms with Gasteiger partial charge in [-0.05, 0) is 26.0 Å². The number of phenols is 1. The summed E-state index contributed by atoms with van der Waals surface area (Å²) in [6.07, 6.45) is 0. The normalized spacial score (nSPS) is 12.9. The van der Waals surface area contributed by atoms with E-state index in [9.17, 15) is 9.90 Å². The second-order valence-corrected chi connectivity index (χ2v) is 5.11. The lowest BCUT2D eigenvalue weighted by atomic mass is 9.80. The zero-order chi connectivity index (χ0) is 14.8. The van der Waals surface area contributed by atoms with Crippen molar-refractivity contribution in [1.82, 2.24) is 0 Å². The standard InChI is InChI=1S/C13H18ClNO4/c1-13(2,12(17)19-4)11(15)9-8(18-3)6-5-7(14)10(9)16/h5-6,11,16H,15H2,1-4H3/t11-/m1/s1. The molecule has 0 saturated heterocycles. The van der Waals surface area contributed by atoms with Crippen molar-refractivity contribution in [3.8, 4) is 11.5 Å². The van der Waals surface area contributed by atoms with Crippen molar-refractivity contribution in [1.29, 1.82) is 0 Å². The Morgan fingerprint density at radius 3 is 2.47 bits per heavy atom. The highest BCUT2D eigenvalue weighted by atomic mass is 35.5. The third-order valence-corrected chi connectivity index (χ3v) is 3.45. The monoisotopic (exact) mass is 287 g/mol. The maximum absolute atomic E-state index is 11.8. The first kappa shape index (κ1) is 15.6. The minimum absolute atomic E-state index is 0.145. The minimum Gasteiger partial charge on any atom is -0.506 e. The SMILES string of the molecule is COC(=O)C(C)(C)[C@H](N)c1c(OC)ccc(Cl)c1O. The Morgan fingerprint density at radius 1 is 1.42 bits per heavy atom. The molecule has 0 spiro atoms. The number of aromatic hydroxyl groups is 1. The van der Waals surface area contributed by atoms with E-state index in [1.807, 2.05) is 0 Å². The van der Waals surface area contributed by atoms with Gasteiger partial charge < -0.3 is 20.3 Å². The molecule has 0 amide bonds. The van der Waals surface area contributed by atoms with Gasteiger partial charge in [0, 0.05) is 0 Å². The van der Waals surface area contributed by atoms with Crippen LogP contribution in [-0.4, -0.2) is 25.3 Å². The summed E-state index contributed by atoms with van der Waals surface area (Å²) >= 11 is 5.87. The van der Waals surface area contributed by atoms with Gasteiger partial charge in [0.05, 0.1) is 36.3 Å². The van der Waals surface area contributed by atoms with Crippen LogP contribution in [0.15, 0.2) is 12.1 Å². The van der Waals surface area contributed by atoms with Gasteiger partial charge in [0.15, 0.2) is 0 Å². The van der Waals surface area contributed by atoms with E-state index < -0.39 is 17.4 Å². The van der Waals surface area contributed by atoms with Gasteiger partial charge in [-0.2, -0.15) is 0 Å². The molecular weight excluding hydrogens is 270 g/mol. The average molecular weight is 288 g/mol. The molecule has 19 heavy (non-hydrogen) atoms. The fourth-order valence-corrected chi connectivity index (χ4v) is 1.96. The Morgan fingerprint density at radius 2 is 2.00 bits per heavy atom. The molecule has 0 aliphatic rings. The van der Waals surface area contributed by atoms with Crippen molar-refractivity contribution in [3.63, 3.8) is 0 Å². The predicted octanol–water partition coefficient (Wildman–Crippen LogP) is 2.25. The lowest BCUT2D eigenvalue weighted by molar-refractivity contribution is -0.152. The van der Waals surface area contributed by atoms with E-state index in [-0.39, 0.29) is 16.3 Å². The molecule has 0 unspecified atom stereocenters. The summed E-state index contributed by atoms with van der Waals surface area (Å²) in [4.78, 5) is 11.8. The molecule has 0 bridgehead atoms. The molecule has 0 radical (unpaired) electrons. The molecule has 1 rings (SSSR count). The van der Waals surface area contributed by atoms with Gasteiger partial charge >= 0.3 is 5.97 Å². The van der Waals surface area contributed by atoms with E-state index >= 15 is 0 Å². The van der Waals surface area contributed by atoms with E-state index in [4.69, 9.17) is 26.8 Å². The average Bonchev–Trinajstić information content (AvgIpc) is 2.39. The van der Waals surface area contributed by atoms with Crippen LogP contribution in [0, 0.1) is 5.41 Å². The van der Waals surface area contributed by atoms with Gasteiger partial charge in [-0.25, -0.2) is 0 Å². The molecule has 5 nitrogen and oxygen atoms in total. The Balaban J connectivity index is 3.37. The van der Waals surface area contributed by atoms with Crippen molar-refractivity contribution in [2.75, 3.05) is 14.2 Å². The highest BCUT2D eigenvalue weighted by molar-refractivity contribution is 6.32. The Bertz CT molecular complexity index is 488. The van der Waals surface area contributed by atoms with Gasteiger partial charge in [0.1, 0.15) is 11.5 Å². The van der Waals surface area contributed by atoms with Crippen molar-refractivity contribution >= 4 is 17.6 Å². The molecule has 1 aromatic carbocycles. The van der Waals surface area contributed by atoms with E-state index in [2.05, 4.69) is 0 Å². The molecule has 1 atom stereocenters. The summed E-state index contributed by atoms with van der Waals surface area (Å²) in [5, 5.41) is 10.2. The summed E-state index contributed by atoms with van der Waals surface area (Å²) in [6.45, 7) is 3.26. The largest absolute Gasteiger partial charge is 0.506 e. The van der Waals surface area contributed by atoms with Crippen LogP contribution in [0.1, 0.15) is 25.5 Å². The molecular formula is C13H18ClNO4. The van der Waals surface area contributed by atoms with Crippen LogP contribution in [0.5, 0.6) is 11.5 Å². The third kappa shape index (κ3) is 2.77. The van der Waals surface area contributed by atoms with Gasteiger partial charge in [0.2, 0.25) is 0 Å². The molecule has 106 valence electrons. The number of carbonyl (C=O) groups excluding carboxylic acids is 1. The van der Waals surface area contributed by atoms with Crippen molar-refractivity contribution in [2.24, 2.45) is 11.1 Å². The number of methoxy groups -OCH3 is 2. The highest BCUT2D eigenvalue weighted by Crippen LogP contribution is 2.44. The summed E-state index contributed by atoms with van der Waals surface area (Å²) in [5.74, 6) is -0.307. The molecule has 0 heterocycles. The molecule has 6 heteroatoms. The molecule has 0 aliphatic carbocycles. The predicted molar refractivity (Wildman–Crippen MR) is 72.4 cm³/mol. The lowest BCUT2D eigenvalue weighted by Crippen LogP contribution is -2.37. The maximum Gasteiger partial charge on any atom is 0.313 e. The molecule has 0 saturated carbocycles. The van der Waals surface area contributed by atoms with E-state index in [1.54, 1.807) is 19.9 Å². The number of ether oxygens (including phenoxy) is 2. The number of carbonyl (C=O) groups is 1. The Labute approximate surface area is 117 Å². The third-order valence-electron chi connectivity index (χ3n) is 3.15. The van der Waals surface area contributed by atoms with E-state index in [1.165, 1.54) is 20.3 Å². The van der Waals surface area contributed by atoms with Crippen molar-refractivity contribution in [3.05, 3.63) is 22.7 Å². The highest BCUT2D eigenvalue weighted by Gasteiger charge is 2.39. The summed E-state index contributed by atoms with van der Waals surface area (Å²) < 4.78 is 9.89. The number of phenolic OH excluding ortho intramolecular Hbond substituents is 1. The molecule has 3 N–H and O–H groups in total. The lowest BCUT2D eigenvalue weighted by Gasteiger charge is -2.30. The fourth-order valence-electron chi connectivity index (χ4n) is 1.79. The van der Waals surface area contributed by atoms with Crippen LogP contribution in [0.2, 0.25) is 5.02 Å². The number of esters is 1. The smallest absolute Gasteiger partial charge is 0.313 e. The van der Waals surface area contributed by atoms with E-state index in [0.717, 1.165) is 0 Å². The number of halogens is 1. The first-order valence-corrected chi connectivity index (χ1v) is 6.04. The molecule has 1 aromatic rings. The van der Waals surface area contributed by atoms with Crippen LogP contribution in [0.3, 0.4) is 0 Å². The van der Waals surface area contributed by atoms with Gasteiger partial charge in [-0.15, -0.1) is 0 Å². The zero-order valence-electron chi connectivity index (χ0n) is 11.4. The zero-order valence-corrected chi connectivity index (χ0v) is 12.1. The van der Waals surface area contributed by atoms with Crippen LogP contribution in [-0.2, 0) is 9.53 Å². The number of benzene rings is 1. The van der Waals surface area contributed by atoms with Crippen LogP contribution in [0.4, 0.5) is 0 Å². The van der Waals surface area contributed by atoms with Gasteiger partial charge in [0.25, 0.3) is 0 Å². The number of hydrogen-bond donors (Lipinski definition) is 2. The second-order valence-electron chi connectivity index (χ2n) is 4.70. The molecule has 0 fully saturated rings. The van der Waals surface area contributed by atoms with Crippen LogP contribution < -0.4 is 10.5 Å². The van der Waals surface area contributed by atoms with Crippen molar-refractivity contribution < 1.29 is 19.4 Å². The molecule has 0 aromatic heterocycles. The van der Waals surface area contributed by atoms with Crippen LogP contribution >= 0.6 is 11.6 Å². The fraction of sp³-hybridized carbons (Fsp3) is 0.462. The summed E-state index contributed by atoms with van der Waals surface area (Å²) in [7, 11) is 2.73. The Kier molecular flexibility index (Phi) is 4.66. The minimum atomic E-state index is -1.04. The number of nitrogens with two attached hydrogens (primary N) is 1. The topological polar surface area (TPSA) is 81.8 Å². The maximum atomic E-state index is 11.8. The summed E-state index contributed by atoms with van der Waals surface area (Å²) in [5.41, 5.74) is 5.34. The van der Waals surface area contributed by atoms with Gasteiger partial charge in [-0.1, -0.05) is 11.6 Å². The Hall–Kier alpha value is -1.46.